The number of aliphatic hydroxyl groups excluding tert-OH is 9. The van der Waals surface area contributed by atoms with E-state index < -0.39 is 159 Å². The number of nitrogens with zero attached hydrogens (tertiary/aromatic N) is 1. The van der Waals surface area contributed by atoms with Gasteiger partial charge >= 0.3 is 11.9 Å². The lowest BCUT2D eigenvalue weighted by Gasteiger charge is -2.45. The van der Waals surface area contributed by atoms with Crippen LogP contribution in [0.2, 0.25) is 0 Å². The van der Waals surface area contributed by atoms with Crippen LogP contribution in [0, 0.1) is 29.6 Å². The maximum absolute atomic E-state index is 13.8. The van der Waals surface area contributed by atoms with Crippen molar-refractivity contribution in [1.29, 1.82) is 0 Å². The summed E-state index contributed by atoms with van der Waals surface area (Å²) in [6.45, 7) is 7.00. The van der Waals surface area contributed by atoms with Crippen LogP contribution < -0.4 is 10.2 Å². The van der Waals surface area contributed by atoms with Gasteiger partial charge in [-0.1, -0.05) is 141 Å². The molecule has 21 heteroatoms. The predicted octanol–water partition coefficient (Wildman–Crippen LogP) is 4.38. The molecule has 2 amide bonds. The third-order valence-electron chi connectivity index (χ3n) is 16.5. The molecule has 0 saturated carbocycles. The maximum atomic E-state index is 13.8. The number of benzene rings is 2. The number of ether oxygens (including phenoxy) is 4. The van der Waals surface area contributed by atoms with Crippen molar-refractivity contribution < 1.29 is 94.3 Å². The van der Waals surface area contributed by atoms with Gasteiger partial charge < -0.3 is 85.3 Å². The van der Waals surface area contributed by atoms with E-state index in [1.54, 1.807) is 91.7 Å². The van der Waals surface area contributed by atoms with Crippen LogP contribution in [0.25, 0.3) is 0 Å². The number of carboxylic acids is 1. The summed E-state index contributed by atoms with van der Waals surface area (Å²) in [6.07, 6.45) is 2.16. The number of nitrogens with one attached hydrogen (secondary N) is 1. The number of fused-ring (bicyclic) bond motifs is 4. The fourth-order valence-corrected chi connectivity index (χ4v) is 11.3. The van der Waals surface area contributed by atoms with Gasteiger partial charge in [0.15, 0.2) is 12.1 Å². The summed E-state index contributed by atoms with van der Waals surface area (Å²) in [5, 5.41) is 125. The summed E-state index contributed by atoms with van der Waals surface area (Å²) in [4.78, 5) is 54.6. The summed E-state index contributed by atoms with van der Waals surface area (Å²) in [5.41, 5.74) is 3.11. The molecule has 19 atom stereocenters. The Morgan fingerprint density at radius 1 is 0.652 bits per heavy atom. The van der Waals surface area contributed by atoms with Crippen LogP contribution >= 0.6 is 0 Å². The molecule has 0 aliphatic carbocycles. The lowest BCUT2D eigenvalue weighted by molar-refractivity contribution is -0.309. The largest absolute Gasteiger partial charge is 0.481 e. The van der Waals surface area contributed by atoms with Gasteiger partial charge in [-0.2, -0.15) is 0 Å². The summed E-state index contributed by atoms with van der Waals surface area (Å²) < 4.78 is 23.8. The van der Waals surface area contributed by atoms with E-state index >= 15 is 0 Å². The fourth-order valence-electron chi connectivity index (χ4n) is 11.3. The molecule has 0 aromatic heterocycles. The normalized spacial score (nSPS) is 36.7. The van der Waals surface area contributed by atoms with Gasteiger partial charge in [0.25, 0.3) is 0 Å². The highest BCUT2D eigenvalue weighted by Crippen LogP contribution is 2.38. The van der Waals surface area contributed by atoms with Crippen molar-refractivity contribution in [3.63, 3.8) is 0 Å². The van der Waals surface area contributed by atoms with E-state index in [1.165, 1.54) is 13.0 Å². The van der Waals surface area contributed by atoms with Crippen molar-refractivity contribution in [2.75, 3.05) is 4.90 Å². The van der Waals surface area contributed by atoms with Gasteiger partial charge in [-0.25, -0.2) is 0 Å². The Bertz CT molecular complexity index is 2910. The highest BCUT2D eigenvalue weighted by atomic mass is 16.7. The number of allylic oxidation sites excluding steroid dienone is 12. The molecule has 6 rings (SSSR count). The Kier molecular flexibility index (Phi) is 28.3. The van der Waals surface area contributed by atoms with Gasteiger partial charge in [0.05, 0.1) is 85.7 Å². The van der Waals surface area contributed by atoms with Crippen LogP contribution in [-0.4, -0.2) is 177 Å². The van der Waals surface area contributed by atoms with Gasteiger partial charge in [0.2, 0.25) is 11.8 Å². The van der Waals surface area contributed by atoms with Crippen LogP contribution in [0.15, 0.2) is 134 Å². The highest BCUT2D eigenvalue weighted by molar-refractivity contribution is 5.95. The number of hydrogen-bond acceptors (Lipinski definition) is 18. The number of cyclic esters (lactones) is 1. The quantitative estimate of drug-likeness (QED) is 0.0942. The van der Waals surface area contributed by atoms with Crippen molar-refractivity contribution in [3.8, 4) is 11.8 Å². The topological polar surface area (TPSA) is 343 Å². The second-order valence-corrected chi connectivity index (χ2v) is 23.7. The zero-order valence-corrected chi connectivity index (χ0v) is 50.9. The molecule has 2 saturated heterocycles. The number of para-hydroxylation sites is 1. The smallest absolute Gasteiger partial charge is 0.311 e. The Morgan fingerprint density at radius 2 is 1.26 bits per heavy atom. The Balaban J connectivity index is 1.16. The summed E-state index contributed by atoms with van der Waals surface area (Å²) in [5.74, 6) is -1.42. The fraction of sp³-hybridized carbons (Fsp3) is 0.529. The third-order valence-corrected chi connectivity index (χ3v) is 16.5. The average Bonchev–Trinajstić information content (AvgIpc) is 0.949. The second-order valence-electron chi connectivity index (χ2n) is 23.7. The van der Waals surface area contributed by atoms with Crippen LogP contribution in [0.5, 0.6) is 0 Å². The molecule has 4 aliphatic heterocycles. The van der Waals surface area contributed by atoms with Crippen molar-refractivity contribution in [3.05, 3.63) is 150 Å². The number of carbonyl (C=O) groups excluding carboxylic acids is 3. The predicted molar refractivity (Wildman–Crippen MR) is 329 cm³/mol. The van der Waals surface area contributed by atoms with Crippen molar-refractivity contribution in [1.82, 2.24) is 5.32 Å². The number of carboxylic acid groups (broad SMARTS) is 1. The number of aliphatic carboxylic acids is 1. The molecule has 4 heterocycles. The molecule has 21 nitrogen and oxygen atoms in total. The van der Waals surface area contributed by atoms with Crippen LogP contribution in [-0.2, 0) is 44.7 Å². The minimum atomic E-state index is -2.41. The summed E-state index contributed by atoms with van der Waals surface area (Å²) in [7, 11) is 0. The van der Waals surface area contributed by atoms with E-state index in [2.05, 4.69) is 17.2 Å². The van der Waals surface area contributed by atoms with Gasteiger partial charge in [-0.3, -0.25) is 19.2 Å². The maximum Gasteiger partial charge on any atom is 0.311 e. The molecule has 2 aromatic carbocycles. The molecule has 19 unspecified atom stereocenters. The first-order valence-corrected chi connectivity index (χ1v) is 30.7. The monoisotopic (exact) mass is 1240 g/mol. The number of esters is 1. The van der Waals surface area contributed by atoms with Crippen LogP contribution in [0.3, 0.4) is 0 Å². The summed E-state index contributed by atoms with van der Waals surface area (Å²) in [6, 6.07) is 13.7. The Hall–Kier alpha value is -6.46. The molecule has 2 aromatic rings. The highest BCUT2D eigenvalue weighted by Gasteiger charge is 2.51. The van der Waals surface area contributed by atoms with E-state index in [0.717, 1.165) is 11.1 Å². The lowest BCUT2D eigenvalue weighted by atomic mass is 9.82. The molecule has 12 N–H and O–H groups in total. The zero-order chi connectivity index (χ0) is 64.8. The van der Waals surface area contributed by atoms with Crippen molar-refractivity contribution in [2.24, 2.45) is 17.8 Å². The molecule has 4 aliphatic rings. The summed E-state index contributed by atoms with van der Waals surface area (Å²) >= 11 is 0. The van der Waals surface area contributed by atoms with Gasteiger partial charge in [0, 0.05) is 61.5 Å². The zero-order valence-electron chi connectivity index (χ0n) is 50.9. The average molecular weight is 1240 g/mol. The van der Waals surface area contributed by atoms with E-state index in [0.29, 0.717) is 24.2 Å². The lowest BCUT2D eigenvalue weighted by Crippen LogP contribution is -2.64. The van der Waals surface area contributed by atoms with Crippen LogP contribution in [0.4, 0.5) is 5.69 Å². The number of amides is 2. The van der Waals surface area contributed by atoms with Gasteiger partial charge in [-0.15, -0.1) is 0 Å². The first-order chi connectivity index (χ1) is 42.4. The van der Waals surface area contributed by atoms with E-state index in [4.69, 9.17) is 18.9 Å². The van der Waals surface area contributed by atoms with Gasteiger partial charge in [0.1, 0.15) is 24.2 Å². The Labute approximate surface area is 520 Å². The molecule has 2 fully saturated rings. The number of unbranched alkanes of at least 4 members (excludes halogenated alkanes) is 1. The molecular weight excluding hydrogens is 1150 g/mol. The van der Waals surface area contributed by atoms with Crippen LogP contribution in [0.1, 0.15) is 121 Å². The van der Waals surface area contributed by atoms with E-state index in [-0.39, 0.29) is 50.4 Å². The first-order valence-electron chi connectivity index (χ1n) is 30.7. The minimum absolute atomic E-state index is 0.0686. The van der Waals surface area contributed by atoms with E-state index in [1.807, 2.05) is 61.5 Å². The number of anilines is 1. The SMILES string of the molecule is CC1/C=C/C=C/C=C/C=C/C=C/C=C/C=C/C(OC2OC(C)C(O)C(NC(=O)CCCCC(=O)N3Cc4ccccc4C#Cc4ccccc43)C2O)CC2OC(O)(CC(O)CC(O)C(O)CCC(O)CC(O)CC(=O)OC(C)C(C)C1O)CC(O)C2C(=O)O. The van der Waals surface area contributed by atoms with Crippen molar-refractivity contribution >= 4 is 29.4 Å². The number of hydrogen-bond donors (Lipinski definition) is 12. The minimum Gasteiger partial charge on any atom is -0.481 e. The molecule has 0 radical (unpaired) electrons. The third kappa shape index (κ3) is 22.2. The molecule has 89 heavy (non-hydrogen) atoms. The number of rotatable bonds is 9. The van der Waals surface area contributed by atoms with Crippen molar-refractivity contribution in [2.45, 2.75) is 209 Å². The molecular formula is C68H90N2O19. The molecule has 0 spiro atoms. The molecule has 2 bridgehead atoms. The standard InChI is InChI=1S/C68H90N2O19/c1-42-23-15-13-11-9-7-5-6-8-10-12-14-16-27-52(38-57-61(66(83)84)56(76)40-68(85,89-57)39-51(73)36-55(75)54(74)34-33-49(71)35-50(72)37-60(79)86-44(3)43(2)63(42)80)88-67-65(82)62(64(81)45(4)87-67)69-58(77)29-21-22-30-59(78)70-41-48-26-18-17-24-46(48)31-32-47-25-19-20-28-53(47)70/h5-20,23-28,42-45,49-52,54-57,61-65,67,71-76,80-82,85H,21-22,29-30,33-41H2,1-4H3,(H,69,77)(H,83,84)/b6-5+,9-7+,10-8+,13-11+,14-12+,23-15+,27-16+. The number of carbonyl (C=O) groups is 4. The second kappa shape index (κ2) is 35.2. The van der Waals surface area contributed by atoms with E-state index in [9.17, 15) is 75.3 Å². The number of aliphatic hydroxyl groups is 10. The molecule has 486 valence electrons. The Morgan fingerprint density at radius 3 is 1.93 bits per heavy atom. The van der Waals surface area contributed by atoms with Gasteiger partial charge in [-0.05, 0) is 69.7 Å². The first kappa shape index (κ1) is 71.6.